The number of benzene rings is 1. The highest BCUT2D eigenvalue weighted by Crippen LogP contribution is 2.27. The normalized spacial score (nSPS) is 9.94. The lowest BCUT2D eigenvalue weighted by molar-refractivity contribution is 0.103. The van der Waals surface area contributed by atoms with E-state index in [1.54, 1.807) is 24.4 Å². The minimum atomic E-state index is -0.156. The number of rotatable bonds is 3. The zero-order valence-corrected chi connectivity index (χ0v) is 9.25. The van der Waals surface area contributed by atoms with E-state index in [4.69, 9.17) is 4.74 Å². The summed E-state index contributed by atoms with van der Waals surface area (Å²) in [6.45, 7) is 0. The lowest BCUT2D eigenvalue weighted by atomic mass is 10.0. The molecule has 1 aromatic carbocycles. The summed E-state index contributed by atoms with van der Waals surface area (Å²) in [6, 6.07) is 7.87. The standard InChI is InChI=1S/C13H11NO3/c1-17-12-7-9(4-5-11(12)15)13(16)10-3-2-6-14-8-10/h2-8,15H,1H3. The molecule has 0 amide bonds. The summed E-state index contributed by atoms with van der Waals surface area (Å²) < 4.78 is 4.95. The van der Waals surface area contributed by atoms with Gasteiger partial charge in [-0.15, -0.1) is 0 Å². The zero-order chi connectivity index (χ0) is 12.3. The number of pyridine rings is 1. The van der Waals surface area contributed by atoms with Gasteiger partial charge in [-0.3, -0.25) is 9.78 Å². The van der Waals surface area contributed by atoms with Crippen LogP contribution in [0.15, 0.2) is 42.7 Å². The third-order valence-electron chi connectivity index (χ3n) is 2.37. The molecule has 0 fully saturated rings. The number of phenolic OH excluding ortho intramolecular Hbond substituents is 1. The fourth-order valence-electron chi connectivity index (χ4n) is 1.48. The maximum Gasteiger partial charge on any atom is 0.194 e. The number of ketones is 1. The third-order valence-corrected chi connectivity index (χ3v) is 2.37. The molecule has 0 aliphatic rings. The van der Waals surface area contributed by atoms with Gasteiger partial charge in [0.05, 0.1) is 7.11 Å². The second-order valence-electron chi connectivity index (χ2n) is 3.46. The number of hydrogen-bond acceptors (Lipinski definition) is 4. The van der Waals surface area contributed by atoms with E-state index in [9.17, 15) is 9.90 Å². The van der Waals surface area contributed by atoms with Gasteiger partial charge < -0.3 is 9.84 Å². The third kappa shape index (κ3) is 2.25. The predicted octanol–water partition coefficient (Wildman–Crippen LogP) is 2.03. The summed E-state index contributed by atoms with van der Waals surface area (Å²) in [4.78, 5) is 15.9. The van der Waals surface area contributed by atoms with Gasteiger partial charge in [-0.25, -0.2) is 0 Å². The highest BCUT2D eigenvalue weighted by Gasteiger charge is 2.11. The van der Waals surface area contributed by atoms with Gasteiger partial charge in [-0.05, 0) is 30.3 Å². The fraction of sp³-hybridized carbons (Fsp3) is 0.0769. The van der Waals surface area contributed by atoms with Crippen LogP contribution < -0.4 is 4.74 Å². The minimum Gasteiger partial charge on any atom is -0.504 e. The van der Waals surface area contributed by atoms with E-state index in [1.807, 2.05) is 0 Å². The zero-order valence-electron chi connectivity index (χ0n) is 9.25. The predicted molar refractivity (Wildman–Crippen MR) is 62.3 cm³/mol. The van der Waals surface area contributed by atoms with Crippen LogP contribution in [0.3, 0.4) is 0 Å². The first-order valence-electron chi connectivity index (χ1n) is 5.04. The number of phenols is 1. The van der Waals surface area contributed by atoms with Crippen LogP contribution in [0.5, 0.6) is 11.5 Å². The first kappa shape index (κ1) is 11.1. The first-order valence-corrected chi connectivity index (χ1v) is 5.04. The molecule has 17 heavy (non-hydrogen) atoms. The van der Waals surface area contributed by atoms with Gasteiger partial charge in [0.1, 0.15) is 0 Å². The molecule has 0 aliphatic heterocycles. The molecule has 0 bridgehead atoms. The van der Waals surface area contributed by atoms with E-state index >= 15 is 0 Å². The second kappa shape index (κ2) is 4.65. The molecule has 0 saturated heterocycles. The second-order valence-corrected chi connectivity index (χ2v) is 3.46. The number of carbonyl (C=O) groups is 1. The van der Waals surface area contributed by atoms with E-state index in [0.717, 1.165) is 0 Å². The van der Waals surface area contributed by atoms with E-state index in [1.165, 1.54) is 25.4 Å². The van der Waals surface area contributed by atoms with Crippen molar-refractivity contribution in [1.29, 1.82) is 0 Å². The van der Waals surface area contributed by atoms with Gasteiger partial charge in [0.2, 0.25) is 0 Å². The van der Waals surface area contributed by atoms with Crippen molar-refractivity contribution >= 4 is 5.78 Å². The van der Waals surface area contributed by atoms with Crippen molar-refractivity contribution < 1.29 is 14.6 Å². The van der Waals surface area contributed by atoms with Crippen LogP contribution in [-0.4, -0.2) is 23.0 Å². The quantitative estimate of drug-likeness (QED) is 0.818. The summed E-state index contributed by atoms with van der Waals surface area (Å²) in [7, 11) is 1.44. The van der Waals surface area contributed by atoms with Crippen LogP contribution in [-0.2, 0) is 0 Å². The molecule has 0 saturated carbocycles. The van der Waals surface area contributed by atoms with Crippen molar-refractivity contribution in [2.24, 2.45) is 0 Å². The Bertz CT molecular complexity index is 538. The molecule has 0 aliphatic carbocycles. The molecule has 2 rings (SSSR count). The molecule has 0 unspecified atom stereocenters. The number of ether oxygens (including phenoxy) is 1. The van der Waals surface area contributed by atoms with Gasteiger partial charge in [0, 0.05) is 23.5 Å². The molecule has 0 atom stereocenters. The largest absolute Gasteiger partial charge is 0.504 e. The van der Waals surface area contributed by atoms with Crippen molar-refractivity contribution in [3.8, 4) is 11.5 Å². The van der Waals surface area contributed by atoms with Crippen molar-refractivity contribution in [3.63, 3.8) is 0 Å². The number of aromatic nitrogens is 1. The Hall–Kier alpha value is -2.36. The number of aromatic hydroxyl groups is 1. The number of hydrogen-bond donors (Lipinski definition) is 1. The van der Waals surface area contributed by atoms with E-state index in [2.05, 4.69) is 4.98 Å². The summed E-state index contributed by atoms with van der Waals surface area (Å²) in [5.74, 6) is 0.131. The summed E-state index contributed by atoms with van der Waals surface area (Å²) in [5.41, 5.74) is 0.952. The van der Waals surface area contributed by atoms with Crippen LogP contribution in [0.25, 0.3) is 0 Å². The Morgan fingerprint density at radius 1 is 1.29 bits per heavy atom. The molecular formula is C13H11NO3. The molecule has 4 nitrogen and oxygen atoms in total. The smallest absolute Gasteiger partial charge is 0.194 e. The van der Waals surface area contributed by atoms with Gasteiger partial charge in [-0.1, -0.05) is 0 Å². The average Bonchev–Trinajstić information content (AvgIpc) is 2.39. The SMILES string of the molecule is COc1cc(C(=O)c2cccnc2)ccc1O. The van der Waals surface area contributed by atoms with Crippen molar-refractivity contribution in [1.82, 2.24) is 4.98 Å². The molecule has 86 valence electrons. The molecule has 0 spiro atoms. The van der Waals surface area contributed by atoms with E-state index in [-0.39, 0.29) is 17.3 Å². The summed E-state index contributed by atoms with van der Waals surface area (Å²) in [6.07, 6.45) is 3.11. The minimum absolute atomic E-state index is 0.00948. The van der Waals surface area contributed by atoms with Crippen molar-refractivity contribution in [2.75, 3.05) is 7.11 Å². The van der Waals surface area contributed by atoms with Crippen LogP contribution in [0, 0.1) is 0 Å². The molecule has 1 heterocycles. The lowest BCUT2D eigenvalue weighted by Gasteiger charge is -2.05. The first-order chi connectivity index (χ1) is 8.22. The van der Waals surface area contributed by atoms with E-state index < -0.39 is 0 Å². The maximum absolute atomic E-state index is 12.0. The lowest BCUT2D eigenvalue weighted by Crippen LogP contribution is -2.01. The molecule has 0 radical (unpaired) electrons. The fourth-order valence-corrected chi connectivity index (χ4v) is 1.48. The van der Waals surface area contributed by atoms with Gasteiger partial charge in [0.15, 0.2) is 17.3 Å². The van der Waals surface area contributed by atoms with Gasteiger partial charge >= 0.3 is 0 Å². The maximum atomic E-state index is 12.0. The molecule has 4 heteroatoms. The van der Waals surface area contributed by atoms with Crippen molar-refractivity contribution in [3.05, 3.63) is 53.9 Å². The highest BCUT2D eigenvalue weighted by molar-refractivity contribution is 6.09. The Morgan fingerprint density at radius 2 is 2.12 bits per heavy atom. The topological polar surface area (TPSA) is 59.4 Å². The van der Waals surface area contributed by atoms with Crippen LogP contribution in [0.1, 0.15) is 15.9 Å². The van der Waals surface area contributed by atoms with Crippen LogP contribution in [0.4, 0.5) is 0 Å². The molecule has 2 aromatic rings. The molecule has 1 N–H and O–H groups in total. The van der Waals surface area contributed by atoms with E-state index in [0.29, 0.717) is 11.1 Å². The monoisotopic (exact) mass is 229 g/mol. The number of methoxy groups -OCH3 is 1. The van der Waals surface area contributed by atoms with Gasteiger partial charge in [0.25, 0.3) is 0 Å². The Balaban J connectivity index is 2.38. The highest BCUT2D eigenvalue weighted by atomic mass is 16.5. The number of carbonyl (C=O) groups excluding carboxylic acids is 1. The Labute approximate surface area is 98.5 Å². The molecule has 1 aromatic heterocycles. The Kier molecular flexibility index (Phi) is 3.05. The summed E-state index contributed by atoms with van der Waals surface area (Å²) >= 11 is 0. The van der Waals surface area contributed by atoms with Crippen molar-refractivity contribution in [2.45, 2.75) is 0 Å². The molecular weight excluding hydrogens is 218 g/mol. The average molecular weight is 229 g/mol. The summed E-state index contributed by atoms with van der Waals surface area (Å²) in [5, 5.41) is 9.44. The van der Waals surface area contributed by atoms with Crippen LogP contribution in [0.2, 0.25) is 0 Å². The number of nitrogens with zero attached hydrogens (tertiary/aromatic N) is 1. The Morgan fingerprint density at radius 3 is 2.76 bits per heavy atom. The van der Waals surface area contributed by atoms with Crippen LogP contribution >= 0.6 is 0 Å². The van der Waals surface area contributed by atoms with Gasteiger partial charge in [-0.2, -0.15) is 0 Å².